The summed E-state index contributed by atoms with van der Waals surface area (Å²) >= 11 is 3.96. The minimum Gasteiger partial charge on any atom is -0.484 e. The van der Waals surface area contributed by atoms with E-state index in [0.29, 0.717) is 28.1 Å². The second-order valence-corrected chi connectivity index (χ2v) is 9.11. The van der Waals surface area contributed by atoms with E-state index in [1.54, 1.807) is 12.1 Å². The summed E-state index contributed by atoms with van der Waals surface area (Å²) in [5.74, 6) is 2.73. The smallest absolute Gasteiger partial charge is 0.262 e. The van der Waals surface area contributed by atoms with Crippen LogP contribution in [-0.4, -0.2) is 29.9 Å². The first-order chi connectivity index (χ1) is 13.2. The van der Waals surface area contributed by atoms with Gasteiger partial charge >= 0.3 is 0 Å². The van der Waals surface area contributed by atoms with Gasteiger partial charge in [0.05, 0.1) is 4.58 Å². The molecule has 2 aliphatic rings. The summed E-state index contributed by atoms with van der Waals surface area (Å²) in [6, 6.07) is 13.3. The fourth-order valence-electron chi connectivity index (χ4n) is 3.04. The summed E-state index contributed by atoms with van der Waals surface area (Å²) in [5, 5.41) is 5.54. The number of rotatable bonds is 5. The molecule has 2 heterocycles. The maximum Gasteiger partial charge on any atom is 0.262 e. The zero-order chi connectivity index (χ0) is 18.6. The highest BCUT2D eigenvalue weighted by atomic mass is 32.2. The molecular weight excluding hydrogens is 380 g/mol. The molecule has 0 spiro atoms. The van der Waals surface area contributed by atoms with Crippen LogP contribution in [0, 0.1) is 0 Å². The SMILES string of the molecule is O=C(COc1ccc(C2SCCCS2)cc1)Nc1ccc2c(c1)C(=O)NC2. The minimum absolute atomic E-state index is 0.0739. The van der Waals surface area contributed by atoms with E-state index >= 15 is 0 Å². The largest absolute Gasteiger partial charge is 0.484 e. The van der Waals surface area contributed by atoms with Crippen LogP contribution in [-0.2, 0) is 11.3 Å². The van der Waals surface area contributed by atoms with Gasteiger partial charge in [0, 0.05) is 17.8 Å². The average Bonchev–Trinajstić information content (AvgIpc) is 3.08. The summed E-state index contributed by atoms with van der Waals surface area (Å²) in [6.45, 7) is 0.467. The first-order valence-corrected chi connectivity index (χ1v) is 11.0. The Kier molecular flexibility index (Phi) is 5.59. The Balaban J connectivity index is 1.30. The molecule has 0 aromatic heterocycles. The fraction of sp³-hybridized carbons (Fsp3) is 0.300. The fourth-order valence-corrected chi connectivity index (χ4v) is 5.93. The molecule has 0 saturated carbocycles. The van der Waals surface area contributed by atoms with Gasteiger partial charge in [-0.3, -0.25) is 9.59 Å². The lowest BCUT2D eigenvalue weighted by Gasteiger charge is -2.21. The molecule has 140 valence electrons. The molecule has 7 heteroatoms. The Labute approximate surface area is 166 Å². The molecule has 1 saturated heterocycles. The predicted molar refractivity (Wildman–Crippen MR) is 110 cm³/mol. The molecule has 2 amide bonds. The molecule has 0 radical (unpaired) electrons. The van der Waals surface area contributed by atoms with Crippen molar-refractivity contribution in [1.29, 1.82) is 0 Å². The Bertz CT molecular complexity index is 849. The highest BCUT2D eigenvalue weighted by Crippen LogP contribution is 2.43. The molecule has 2 N–H and O–H groups in total. The second kappa shape index (κ2) is 8.27. The summed E-state index contributed by atoms with van der Waals surface area (Å²) in [6.07, 6.45) is 1.27. The summed E-state index contributed by atoms with van der Waals surface area (Å²) in [7, 11) is 0. The van der Waals surface area contributed by atoms with Gasteiger partial charge < -0.3 is 15.4 Å². The lowest BCUT2D eigenvalue weighted by Crippen LogP contribution is -2.20. The first kappa shape index (κ1) is 18.3. The van der Waals surface area contributed by atoms with E-state index in [4.69, 9.17) is 4.74 Å². The highest BCUT2D eigenvalue weighted by Gasteiger charge is 2.19. The molecule has 2 aromatic carbocycles. The lowest BCUT2D eigenvalue weighted by molar-refractivity contribution is -0.118. The molecule has 0 unspecified atom stereocenters. The Hall–Kier alpha value is -2.12. The number of amides is 2. The number of carbonyl (C=O) groups is 2. The molecule has 0 atom stereocenters. The van der Waals surface area contributed by atoms with Gasteiger partial charge in [-0.1, -0.05) is 18.2 Å². The van der Waals surface area contributed by atoms with E-state index in [9.17, 15) is 9.59 Å². The number of hydrogen-bond donors (Lipinski definition) is 2. The maximum absolute atomic E-state index is 12.1. The molecule has 2 aromatic rings. The third-order valence-corrected chi connectivity index (χ3v) is 7.44. The van der Waals surface area contributed by atoms with Crippen molar-refractivity contribution in [3.63, 3.8) is 0 Å². The van der Waals surface area contributed by atoms with Crippen molar-refractivity contribution < 1.29 is 14.3 Å². The van der Waals surface area contributed by atoms with Gasteiger partial charge in [-0.15, -0.1) is 23.5 Å². The van der Waals surface area contributed by atoms with Crippen molar-refractivity contribution in [3.05, 3.63) is 59.2 Å². The van der Waals surface area contributed by atoms with E-state index in [2.05, 4.69) is 22.8 Å². The molecule has 1 fully saturated rings. The average molecular weight is 401 g/mol. The number of thioether (sulfide) groups is 2. The Morgan fingerprint density at radius 2 is 1.93 bits per heavy atom. The number of fused-ring (bicyclic) bond motifs is 1. The van der Waals surface area contributed by atoms with Gasteiger partial charge in [-0.25, -0.2) is 0 Å². The highest BCUT2D eigenvalue weighted by molar-refractivity contribution is 8.16. The number of carbonyl (C=O) groups excluding carboxylic acids is 2. The van der Waals surface area contributed by atoms with Crippen LogP contribution in [0.15, 0.2) is 42.5 Å². The molecular formula is C20H20N2O3S2. The number of hydrogen-bond acceptors (Lipinski definition) is 5. The molecule has 5 nitrogen and oxygen atoms in total. The van der Waals surface area contributed by atoms with Crippen LogP contribution >= 0.6 is 23.5 Å². The Morgan fingerprint density at radius 3 is 2.70 bits per heavy atom. The first-order valence-electron chi connectivity index (χ1n) is 8.86. The molecule has 0 bridgehead atoms. The van der Waals surface area contributed by atoms with Crippen molar-refractivity contribution in [2.75, 3.05) is 23.4 Å². The second-order valence-electron chi connectivity index (χ2n) is 6.39. The van der Waals surface area contributed by atoms with Crippen LogP contribution in [0.1, 0.15) is 32.5 Å². The number of benzene rings is 2. The third-order valence-electron chi connectivity index (χ3n) is 4.43. The zero-order valence-corrected chi connectivity index (χ0v) is 16.3. The van der Waals surface area contributed by atoms with Crippen LogP contribution in [0.2, 0.25) is 0 Å². The van der Waals surface area contributed by atoms with E-state index in [-0.39, 0.29) is 18.4 Å². The van der Waals surface area contributed by atoms with Gasteiger partial charge in [0.15, 0.2) is 6.61 Å². The van der Waals surface area contributed by atoms with E-state index < -0.39 is 0 Å². The molecule has 4 rings (SSSR count). The summed E-state index contributed by atoms with van der Waals surface area (Å²) in [5.41, 5.74) is 3.45. The standard InChI is InChI=1S/C20H20N2O3S2/c23-18(22-15-5-2-14-11-21-19(24)17(14)10-15)12-25-16-6-3-13(4-7-16)20-26-8-1-9-27-20/h2-7,10,20H,1,8-9,11-12H2,(H,21,24)(H,22,23). The van der Waals surface area contributed by atoms with Crippen molar-refractivity contribution in [2.24, 2.45) is 0 Å². The monoisotopic (exact) mass is 400 g/mol. The van der Waals surface area contributed by atoms with Crippen molar-refractivity contribution in [1.82, 2.24) is 5.32 Å². The predicted octanol–water partition coefficient (Wildman–Crippen LogP) is 3.82. The quantitative estimate of drug-likeness (QED) is 0.799. The van der Waals surface area contributed by atoms with Crippen LogP contribution in [0.5, 0.6) is 5.75 Å². The minimum atomic E-state index is -0.254. The number of ether oxygens (including phenoxy) is 1. The maximum atomic E-state index is 12.1. The number of anilines is 1. The topological polar surface area (TPSA) is 67.4 Å². The van der Waals surface area contributed by atoms with E-state index in [1.807, 2.05) is 41.7 Å². The van der Waals surface area contributed by atoms with Gasteiger partial charge in [0.25, 0.3) is 11.8 Å². The Morgan fingerprint density at radius 1 is 1.15 bits per heavy atom. The van der Waals surface area contributed by atoms with Crippen molar-refractivity contribution >= 4 is 41.0 Å². The van der Waals surface area contributed by atoms with Crippen LogP contribution < -0.4 is 15.4 Å². The van der Waals surface area contributed by atoms with E-state index in [0.717, 1.165) is 5.56 Å². The lowest BCUT2D eigenvalue weighted by atomic mass is 10.1. The molecule has 2 aliphatic heterocycles. The summed E-state index contributed by atoms with van der Waals surface area (Å²) < 4.78 is 6.08. The van der Waals surface area contributed by atoms with Crippen molar-refractivity contribution in [3.8, 4) is 5.75 Å². The van der Waals surface area contributed by atoms with Gasteiger partial charge in [0.1, 0.15) is 5.75 Å². The normalized spacial score (nSPS) is 16.5. The zero-order valence-electron chi connectivity index (χ0n) is 14.7. The van der Waals surface area contributed by atoms with Crippen LogP contribution in [0.3, 0.4) is 0 Å². The van der Waals surface area contributed by atoms with Crippen molar-refractivity contribution in [2.45, 2.75) is 17.5 Å². The third kappa shape index (κ3) is 4.42. The van der Waals surface area contributed by atoms with Crippen LogP contribution in [0.25, 0.3) is 0 Å². The van der Waals surface area contributed by atoms with Gasteiger partial charge in [-0.05, 0) is 53.3 Å². The number of nitrogens with one attached hydrogen (secondary N) is 2. The molecule has 27 heavy (non-hydrogen) atoms. The summed E-state index contributed by atoms with van der Waals surface area (Å²) in [4.78, 5) is 23.8. The van der Waals surface area contributed by atoms with Crippen LogP contribution in [0.4, 0.5) is 5.69 Å². The van der Waals surface area contributed by atoms with Gasteiger partial charge in [0.2, 0.25) is 0 Å². The van der Waals surface area contributed by atoms with E-state index in [1.165, 1.54) is 23.5 Å². The molecule has 0 aliphatic carbocycles. The van der Waals surface area contributed by atoms with Gasteiger partial charge in [-0.2, -0.15) is 0 Å².